The predicted octanol–water partition coefficient (Wildman–Crippen LogP) is 3.33. The summed E-state index contributed by atoms with van der Waals surface area (Å²) in [7, 11) is 0. The quantitative estimate of drug-likeness (QED) is 0.662. The SMILES string of the molecule is O=C1c2cccc3cccc(c23)C(=O)N1CCCc1nc(C2CC2)no1. The first-order valence-electron chi connectivity index (χ1n) is 8.93. The van der Waals surface area contributed by atoms with E-state index in [1.807, 2.05) is 24.3 Å². The van der Waals surface area contributed by atoms with Gasteiger partial charge in [0, 0.05) is 35.4 Å². The molecule has 1 aliphatic heterocycles. The number of hydrogen-bond donors (Lipinski definition) is 0. The van der Waals surface area contributed by atoms with Gasteiger partial charge in [-0.2, -0.15) is 4.98 Å². The summed E-state index contributed by atoms with van der Waals surface area (Å²) in [6, 6.07) is 11.1. The van der Waals surface area contributed by atoms with Crippen LogP contribution in [-0.4, -0.2) is 33.4 Å². The molecule has 2 amide bonds. The minimum Gasteiger partial charge on any atom is -0.339 e. The van der Waals surface area contributed by atoms with Crippen molar-refractivity contribution in [3.63, 3.8) is 0 Å². The van der Waals surface area contributed by atoms with Crippen molar-refractivity contribution in [3.8, 4) is 0 Å². The molecule has 2 heterocycles. The minimum atomic E-state index is -0.233. The van der Waals surface area contributed by atoms with Gasteiger partial charge in [-0.3, -0.25) is 14.5 Å². The van der Waals surface area contributed by atoms with Crippen LogP contribution in [0.2, 0.25) is 0 Å². The topological polar surface area (TPSA) is 76.3 Å². The maximum Gasteiger partial charge on any atom is 0.261 e. The summed E-state index contributed by atoms with van der Waals surface area (Å²) in [5.41, 5.74) is 1.18. The lowest BCUT2D eigenvalue weighted by Gasteiger charge is -2.27. The zero-order valence-corrected chi connectivity index (χ0v) is 14.1. The second kappa shape index (κ2) is 5.76. The normalized spacial score (nSPS) is 16.5. The van der Waals surface area contributed by atoms with E-state index in [2.05, 4.69) is 10.1 Å². The van der Waals surface area contributed by atoms with E-state index in [0.717, 1.165) is 29.4 Å². The third-order valence-electron chi connectivity index (χ3n) is 5.05. The van der Waals surface area contributed by atoms with Gasteiger partial charge >= 0.3 is 0 Å². The molecule has 1 aromatic heterocycles. The number of carbonyl (C=O) groups excluding carboxylic acids is 2. The first-order valence-corrected chi connectivity index (χ1v) is 8.93. The Morgan fingerprint density at radius 3 is 2.38 bits per heavy atom. The van der Waals surface area contributed by atoms with Gasteiger partial charge in [0.2, 0.25) is 5.89 Å². The number of carbonyl (C=O) groups is 2. The van der Waals surface area contributed by atoms with Crippen molar-refractivity contribution >= 4 is 22.6 Å². The number of amides is 2. The Kier molecular flexibility index (Phi) is 3.38. The summed E-state index contributed by atoms with van der Waals surface area (Å²) in [5.74, 6) is 1.35. The number of hydrogen-bond acceptors (Lipinski definition) is 5. The molecule has 0 unspecified atom stereocenters. The lowest BCUT2D eigenvalue weighted by Crippen LogP contribution is -2.41. The summed E-state index contributed by atoms with van der Waals surface area (Å²) >= 11 is 0. The van der Waals surface area contributed by atoms with Crippen molar-refractivity contribution < 1.29 is 14.1 Å². The molecule has 1 fully saturated rings. The standard InChI is InChI=1S/C20H17N3O3/c24-19-14-6-1-4-12-5-2-7-15(17(12)14)20(25)23(19)11-3-8-16-21-18(22-26-16)13-9-10-13/h1-2,4-7,13H,3,8-11H2. The van der Waals surface area contributed by atoms with Crippen LogP contribution >= 0.6 is 0 Å². The van der Waals surface area contributed by atoms with E-state index >= 15 is 0 Å². The number of aryl methyl sites for hydroxylation is 1. The Hall–Kier alpha value is -3.02. The molecule has 0 N–H and O–H groups in total. The van der Waals surface area contributed by atoms with Gasteiger partial charge in [-0.1, -0.05) is 29.4 Å². The summed E-state index contributed by atoms with van der Waals surface area (Å²) in [4.78, 5) is 31.3. The first-order chi connectivity index (χ1) is 12.7. The van der Waals surface area contributed by atoms with Crippen LogP contribution in [0.15, 0.2) is 40.9 Å². The van der Waals surface area contributed by atoms with Crippen LogP contribution in [0.3, 0.4) is 0 Å². The van der Waals surface area contributed by atoms with Gasteiger partial charge in [0.1, 0.15) is 0 Å². The van der Waals surface area contributed by atoms with Crippen LogP contribution < -0.4 is 0 Å². The van der Waals surface area contributed by atoms with Gasteiger partial charge in [0.05, 0.1) is 0 Å². The third-order valence-corrected chi connectivity index (χ3v) is 5.05. The van der Waals surface area contributed by atoms with Crippen LogP contribution in [0.25, 0.3) is 10.8 Å². The average Bonchev–Trinajstić information content (AvgIpc) is 3.41. The Labute approximate surface area is 149 Å². The molecule has 2 aliphatic rings. The second-order valence-electron chi connectivity index (χ2n) is 6.90. The van der Waals surface area contributed by atoms with Gasteiger partial charge < -0.3 is 4.52 Å². The van der Waals surface area contributed by atoms with E-state index in [9.17, 15) is 9.59 Å². The molecule has 5 rings (SSSR count). The molecule has 0 bridgehead atoms. The summed E-state index contributed by atoms with van der Waals surface area (Å²) < 4.78 is 5.26. The van der Waals surface area contributed by atoms with E-state index in [-0.39, 0.29) is 11.8 Å². The highest BCUT2D eigenvalue weighted by Gasteiger charge is 2.32. The summed E-state index contributed by atoms with van der Waals surface area (Å²) in [5, 5.41) is 5.67. The molecule has 6 nitrogen and oxygen atoms in total. The average molecular weight is 347 g/mol. The molecule has 0 atom stereocenters. The van der Waals surface area contributed by atoms with Gasteiger partial charge in [-0.15, -0.1) is 0 Å². The lowest BCUT2D eigenvalue weighted by molar-refractivity contribution is 0.0608. The molecular formula is C20H17N3O3. The summed E-state index contributed by atoms with van der Waals surface area (Å²) in [6.45, 7) is 0.337. The number of rotatable bonds is 5. The van der Waals surface area contributed by atoms with Crippen LogP contribution in [-0.2, 0) is 6.42 Å². The molecule has 0 radical (unpaired) electrons. The van der Waals surface area contributed by atoms with Gasteiger partial charge in [-0.05, 0) is 36.8 Å². The zero-order valence-electron chi connectivity index (χ0n) is 14.1. The maximum absolute atomic E-state index is 12.8. The monoisotopic (exact) mass is 347 g/mol. The highest BCUT2D eigenvalue weighted by atomic mass is 16.5. The Morgan fingerprint density at radius 1 is 1.04 bits per heavy atom. The third kappa shape index (κ3) is 2.41. The van der Waals surface area contributed by atoms with Crippen LogP contribution in [0.1, 0.15) is 57.6 Å². The van der Waals surface area contributed by atoms with E-state index in [1.54, 1.807) is 12.1 Å². The number of imide groups is 1. The first kappa shape index (κ1) is 15.3. The molecule has 0 saturated heterocycles. The maximum atomic E-state index is 12.8. The molecule has 3 aromatic rings. The van der Waals surface area contributed by atoms with Crippen molar-refractivity contribution in [2.45, 2.75) is 31.6 Å². The fraction of sp³-hybridized carbons (Fsp3) is 0.300. The highest BCUT2D eigenvalue weighted by Crippen LogP contribution is 2.38. The Morgan fingerprint density at radius 2 is 1.73 bits per heavy atom. The molecule has 0 spiro atoms. The molecule has 6 heteroatoms. The van der Waals surface area contributed by atoms with E-state index in [0.29, 0.717) is 42.3 Å². The highest BCUT2D eigenvalue weighted by molar-refractivity contribution is 6.25. The van der Waals surface area contributed by atoms with Crippen molar-refractivity contribution in [2.24, 2.45) is 0 Å². The Balaban J connectivity index is 1.34. The molecule has 1 saturated carbocycles. The zero-order chi connectivity index (χ0) is 17.7. The van der Waals surface area contributed by atoms with Gasteiger partial charge in [0.25, 0.3) is 11.8 Å². The minimum absolute atomic E-state index is 0.233. The van der Waals surface area contributed by atoms with E-state index in [1.165, 1.54) is 4.90 Å². The smallest absolute Gasteiger partial charge is 0.261 e. The summed E-state index contributed by atoms with van der Waals surface area (Å²) in [6.07, 6.45) is 3.41. The fourth-order valence-electron chi connectivity index (χ4n) is 3.55. The van der Waals surface area contributed by atoms with Gasteiger partial charge in [-0.25, -0.2) is 0 Å². The number of aromatic nitrogens is 2. The predicted molar refractivity (Wildman–Crippen MR) is 93.9 cm³/mol. The van der Waals surface area contributed by atoms with Gasteiger partial charge in [0.15, 0.2) is 5.82 Å². The molecule has 130 valence electrons. The Bertz CT molecular complexity index is 985. The number of nitrogens with zero attached hydrogens (tertiary/aromatic N) is 3. The fourth-order valence-corrected chi connectivity index (χ4v) is 3.55. The van der Waals surface area contributed by atoms with Crippen LogP contribution in [0, 0.1) is 0 Å². The largest absolute Gasteiger partial charge is 0.339 e. The lowest BCUT2D eigenvalue weighted by atomic mass is 9.94. The van der Waals surface area contributed by atoms with Crippen LogP contribution in [0.4, 0.5) is 0 Å². The van der Waals surface area contributed by atoms with Crippen molar-refractivity contribution in [1.82, 2.24) is 15.0 Å². The molecule has 1 aliphatic carbocycles. The molecular weight excluding hydrogens is 330 g/mol. The van der Waals surface area contributed by atoms with E-state index < -0.39 is 0 Å². The van der Waals surface area contributed by atoms with Crippen molar-refractivity contribution in [1.29, 1.82) is 0 Å². The molecule has 26 heavy (non-hydrogen) atoms. The van der Waals surface area contributed by atoms with Crippen molar-refractivity contribution in [3.05, 3.63) is 59.2 Å². The van der Waals surface area contributed by atoms with E-state index in [4.69, 9.17) is 4.52 Å². The number of benzene rings is 2. The van der Waals surface area contributed by atoms with Crippen LogP contribution in [0.5, 0.6) is 0 Å². The van der Waals surface area contributed by atoms with Crippen molar-refractivity contribution in [2.75, 3.05) is 6.54 Å². The second-order valence-corrected chi connectivity index (χ2v) is 6.90. The molecule has 2 aromatic carbocycles.